The molecule has 35 heavy (non-hydrogen) atoms. The van der Waals surface area contributed by atoms with Crippen molar-refractivity contribution in [3.8, 4) is 10.6 Å². The van der Waals surface area contributed by atoms with E-state index in [0.29, 0.717) is 53.4 Å². The number of nitrogens with zero attached hydrogens (tertiary/aromatic N) is 5. The van der Waals surface area contributed by atoms with Gasteiger partial charge >= 0.3 is 6.03 Å². The lowest BCUT2D eigenvalue weighted by atomic mass is 10.1. The highest BCUT2D eigenvalue weighted by molar-refractivity contribution is 7.19. The summed E-state index contributed by atoms with van der Waals surface area (Å²) in [5.74, 6) is 0. The number of anilines is 1. The summed E-state index contributed by atoms with van der Waals surface area (Å²) < 4.78 is 1.34. The quantitative estimate of drug-likeness (QED) is 0.440. The second-order valence-electron chi connectivity index (χ2n) is 8.69. The number of rotatable bonds is 4. The van der Waals surface area contributed by atoms with Crippen molar-refractivity contribution in [3.63, 3.8) is 0 Å². The van der Waals surface area contributed by atoms with Crippen molar-refractivity contribution < 1.29 is 4.79 Å². The zero-order valence-corrected chi connectivity index (χ0v) is 21.1. The van der Waals surface area contributed by atoms with E-state index in [1.807, 2.05) is 42.2 Å². The van der Waals surface area contributed by atoms with E-state index in [1.165, 1.54) is 27.5 Å². The Labute approximate surface area is 211 Å². The van der Waals surface area contributed by atoms with Crippen LogP contribution in [0.25, 0.3) is 15.5 Å². The van der Waals surface area contributed by atoms with Gasteiger partial charge in [-0.2, -0.15) is 9.61 Å². The minimum atomic E-state index is -0.201. The maximum Gasteiger partial charge on any atom is 0.321 e. The number of urea groups is 1. The summed E-state index contributed by atoms with van der Waals surface area (Å²) in [6.07, 6.45) is 0. The fourth-order valence-corrected chi connectivity index (χ4v) is 5.06. The second kappa shape index (κ2) is 9.77. The van der Waals surface area contributed by atoms with E-state index in [4.69, 9.17) is 11.6 Å². The average Bonchev–Trinajstić information content (AvgIpc) is 3.27. The minimum absolute atomic E-state index is 0.0925. The molecule has 4 aromatic rings. The van der Waals surface area contributed by atoms with Gasteiger partial charge < -0.3 is 10.2 Å². The summed E-state index contributed by atoms with van der Waals surface area (Å²) in [5.41, 5.74) is 4.54. The molecule has 8 nitrogen and oxygen atoms in total. The summed E-state index contributed by atoms with van der Waals surface area (Å²) >= 11 is 7.35. The van der Waals surface area contributed by atoms with Crippen LogP contribution in [0, 0.1) is 13.8 Å². The summed E-state index contributed by atoms with van der Waals surface area (Å²) in [4.78, 5) is 34.6. The average molecular weight is 509 g/mol. The van der Waals surface area contributed by atoms with Crippen LogP contribution in [-0.2, 0) is 6.54 Å². The SMILES string of the molecule is Cc1ccc(NC(=O)N2CCN(Cc3cc(=O)n4nc(-c5ccc(Cl)cc5)sc4n3)CC2)cc1C. The molecule has 5 rings (SSSR count). The maximum absolute atomic E-state index is 12.7. The molecule has 180 valence electrons. The molecule has 2 aromatic carbocycles. The van der Waals surface area contributed by atoms with Gasteiger partial charge in [0.25, 0.3) is 5.56 Å². The van der Waals surface area contributed by atoms with Gasteiger partial charge in [-0.15, -0.1) is 0 Å². The highest BCUT2D eigenvalue weighted by Gasteiger charge is 2.22. The van der Waals surface area contributed by atoms with Crippen molar-refractivity contribution in [2.75, 3.05) is 31.5 Å². The monoisotopic (exact) mass is 508 g/mol. The van der Waals surface area contributed by atoms with E-state index in [0.717, 1.165) is 16.8 Å². The number of aryl methyl sites for hydroxylation is 2. The lowest BCUT2D eigenvalue weighted by Crippen LogP contribution is -2.49. The Morgan fingerprint density at radius 3 is 2.49 bits per heavy atom. The van der Waals surface area contributed by atoms with Gasteiger partial charge in [0, 0.05) is 55.1 Å². The zero-order chi connectivity index (χ0) is 24.5. The molecule has 1 saturated heterocycles. The van der Waals surface area contributed by atoms with Crippen molar-refractivity contribution in [2.24, 2.45) is 0 Å². The number of nitrogens with one attached hydrogen (secondary N) is 1. The lowest BCUT2D eigenvalue weighted by molar-refractivity contribution is 0.142. The highest BCUT2D eigenvalue weighted by atomic mass is 35.5. The van der Waals surface area contributed by atoms with Crippen LogP contribution in [0.1, 0.15) is 16.8 Å². The topological polar surface area (TPSA) is 82.8 Å². The van der Waals surface area contributed by atoms with Gasteiger partial charge in [-0.05, 0) is 49.2 Å². The molecular weight excluding hydrogens is 484 g/mol. The predicted octanol–water partition coefficient (Wildman–Crippen LogP) is 4.44. The van der Waals surface area contributed by atoms with Gasteiger partial charge in [0.05, 0.1) is 5.69 Å². The van der Waals surface area contributed by atoms with Crippen LogP contribution >= 0.6 is 22.9 Å². The summed E-state index contributed by atoms with van der Waals surface area (Å²) in [7, 11) is 0. The third-order valence-corrected chi connectivity index (χ3v) is 7.40. The Balaban J connectivity index is 1.22. The fourth-order valence-electron chi connectivity index (χ4n) is 4.01. The Morgan fingerprint density at radius 2 is 1.77 bits per heavy atom. The lowest BCUT2D eigenvalue weighted by Gasteiger charge is -2.34. The number of carbonyl (C=O) groups is 1. The summed E-state index contributed by atoms with van der Waals surface area (Å²) in [6, 6.07) is 14.7. The van der Waals surface area contributed by atoms with Gasteiger partial charge in [-0.1, -0.05) is 41.1 Å². The number of amides is 2. The molecule has 2 aromatic heterocycles. The van der Waals surface area contributed by atoms with E-state index in [-0.39, 0.29) is 11.6 Å². The molecule has 0 unspecified atom stereocenters. The first-order valence-electron chi connectivity index (χ1n) is 11.4. The normalized spacial score (nSPS) is 14.4. The molecule has 3 heterocycles. The van der Waals surface area contributed by atoms with Gasteiger partial charge in [0.15, 0.2) is 0 Å². The molecule has 0 atom stereocenters. The number of benzene rings is 2. The Kier molecular flexibility index (Phi) is 6.55. The molecule has 1 N–H and O–H groups in total. The Bertz CT molecular complexity index is 1440. The second-order valence-corrected chi connectivity index (χ2v) is 10.1. The standard InChI is InChI=1S/C25H25ClN6O2S/c1-16-3-8-20(13-17(16)2)27-24(34)31-11-9-30(10-12-31)15-21-14-22(33)32-25(28-21)35-23(29-32)18-4-6-19(26)7-5-18/h3-8,13-14H,9-12,15H2,1-2H3,(H,27,34). The summed E-state index contributed by atoms with van der Waals surface area (Å²) in [6.45, 7) is 7.27. The van der Waals surface area contributed by atoms with E-state index in [1.54, 1.807) is 12.1 Å². The van der Waals surface area contributed by atoms with Crippen LogP contribution < -0.4 is 10.9 Å². The molecule has 2 amide bonds. The molecule has 1 aliphatic rings. The Morgan fingerprint density at radius 1 is 1.03 bits per heavy atom. The number of hydrogen-bond acceptors (Lipinski definition) is 6. The first-order valence-corrected chi connectivity index (χ1v) is 12.6. The fraction of sp³-hybridized carbons (Fsp3) is 0.280. The molecule has 0 radical (unpaired) electrons. The first-order chi connectivity index (χ1) is 16.9. The third kappa shape index (κ3) is 5.22. The molecule has 10 heteroatoms. The molecule has 1 aliphatic heterocycles. The van der Waals surface area contributed by atoms with Crippen molar-refractivity contribution in [1.82, 2.24) is 24.4 Å². The predicted molar refractivity (Wildman–Crippen MR) is 139 cm³/mol. The number of fused-ring (bicyclic) bond motifs is 1. The van der Waals surface area contributed by atoms with Crippen LogP contribution in [-0.4, -0.2) is 56.6 Å². The van der Waals surface area contributed by atoms with Crippen LogP contribution in [0.3, 0.4) is 0 Å². The zero-order valence-electron chi connectivity index (χ0n) is 19.5. The first kappa shape index (κ1) is 23.5. The molecular formula is C25H25ClN6O2S. The van der Waals surface area contributed by atoms with Gasteiger partial charge in [-0.3, -0.25) is 9.69 Å². The Hall–Kier alpha value is -3.27. The number of aromatic nitrogens is 3. The van der Waals surface area contributed by atoms with E-state index in [9.17, 15) is 9.59 Å². The molecule has 0 spiro atoms. The number of halogens is 1. The van der Waals surface area contributed by atoms with E-state index < -0.39 is 0 Å². The van der Waals surface area contributed by atoms with Crippen molar-refractivity contribution in [3.05, 3.63) is 80.7 Å². The van der Waals surface area contributed by atoms with Gasteiger partial charge in [-0.25, -0.2) is 9.78 Å². The molecule has 1 fully saturated rings. The molecule has 0 bridgehead atoms. The van der Waals surface area contributed by atoms with Crippen LogP contribution in [0.2, 0.25) is 5.02 Å². The van der Waals surface area contributed by atoms with E-state index in [2.05, 4.69) is 27.2 Å². The van der Waals surface area contributed by atoms with Crippen LogP contribution in [0.4, 0.5) is 10.5 Å². The number of hydrogen-bond donors (Lipinski definition) is 1. The molecule has 0 aliphatic carbocycles. The number of piperazine rings is 1. The van der Waals surface area contributed by atoms with Crippen molar-refractivity contribution in [2.45, 2.75) is 20.4 Å². The van der Waals surface area contributed by atoms with E-state index >= 15 is 0 Å². The smallest absolute Gasteiger partial charge is 0.321 e. The third-order valence-electron chi connectivity index (χ3n) is 6.19. The number of carbonyl (C=O) groups excluding carboxylic acids is 1. The van der Waals surface area contributed by atoms with Crippen LogP contribution in [0.5, 0.6) is 0 Å². The largest absolute Gasteiger partial charge is 0.322 e. The van der Waals surface area contributed by atoms with Gasteiger partial charge in [0.2, 0.25) is 4.96 Å². The van der Waals surface area contributed by atoms with Gasteiger partial charge in [0.1, 0.15) is 5.01 Å². The highest BCUT2D eigenvalue weighted by Crippen LogP contribution is 2.25. The van der Waals surface area contributed by atoms with Crippen molar-refractivity contribution >= 4 is 39.6 Å². The maximum atomic E-state index is 12.7. The minimum Gasteiger partial charge on any atom is -0.322 e. The molecule has 0 saturated carbocycles. The summed E-state index contributed by atoms with van der Waals surface area (Å²) in [5, 5.41) is 8.78. The van der Waals surface area contributed by atoms with Crippen LogP contribution in [0.15, 0.2) is 53.3 Å². The van der Waals surface area contributed by atoms with Crippen molar-refractivity contribution in [1.29, 1.82) is 0 Å².